The van der Waals surface area contributed by atoms with Crippen LogP contribution in [0.15, 0.2) is 42.5 Å². The van der Waals surface area contributed by atoms with Gasteiger partial charge in [-0.2, -0.15) is 0 Å². The fraction of sp³-hybridized carbons (Fsp3) is 0.294. The lowest BCUT2D eigenvalue weighted by atomic mass is 10.2. The lowest BCUT2D eigenvalue weighted by Crippen LogP contribution is -2.16. The molecule has 21 heavy (non-hydrogen) atoms. The van der Waals surface area contributed by atoms with Gasteiger partial charge in [0.1, 0.15) is 11.6 Å². The molecule has 2 aromatic rings. The summed E-state index contributed by atoms with van der Waals surface area (Å²) in [5.74, 6) is 0.540. The Hall–Kier alpha value is -2.23. The van der Waals surface area contributed by atoms with E-state index in [1.165, 1.54) is 12.1 Å². The van der Waals surface area contributed by atoms with Gasteiger partial charge in [0.25, 0.3) is 0 Å². The van der Waals surface area contributed by atoms with Gasteiger partial charge in [-0.15, -0.1) is 0 Å². The zero-order valence-corrected chi connectivity index (χ0v) is 12.5. The highest BCUT2D eigenvalue weighted by molar-refractivity contribution is 5.60. The third kappa shape index (κ3) is 4.38. The summed E-state index contributed by atoms with van der Waals surface area (Å²) in [5.41, 5.74) is 8.44. The molecule has 0 aliphatic carbocycles. The van der Waals surface area contributed by atoms with E-state index in [0.29, 0.717) is 18.8 Å². The first-order chi connectivity index (χ1) is 10.1. The Bertz CT molecular complexity index is 601. The fourth-order valence-corrected chi connectivity index (χ4v) is 2.13. The molecule has 0 saturated heterocycles. The van der Waals surface area contributed by atoms with Crippen molar-refractivity contribution in [1.29, 1.82) is 0 Å². The Morgan fingerprint density at radius 1 is 1.19 bits per heavy atom. The largest absolute Gasteiger partial charge is 0.493 e. The van der Waals surface area contributed by atoms with Crippen molar-refractivity contribution in [1.82, 2.24) is 0 Å². The number of halogens is 1. The van der Waals surface area contributed by atoms with E-state index in [-0.39, 0.29) is 5.82 Å². The Kier molecular flexibility index (Phi) is 5.04. The van der Waals surface area contributed by atoms with Gasteiger partial charge in [-0.25, -0.2) is 4.39 Å². The first-order valence-electron chi connectivity index (χ1n) is 7.07. The topological polar surface area (TPSA) is 38.5 Å². The maximum atomic E-state index is 13.2. The van der Waals surface area contributed by atoms with Gasteiger partial charge in [0, 0.05) is 37.1 Å². The minimum Gasteiger partial charge on any atom is -0.493 e. The molecule has 2 N–H and O–H groups in total. The Morgan fingerprint density at radius 2 is 2.00 bits per heavy atom. The van der Waals surface area contributed by atoms with Gasteiger partial charge in [0.15, 0.2) is 0 Å². The highest BCUT2D eigenvalue weighted by Crippen LogP contribution is 2.26. The Morgan fingerprint density at radius 3 is 2.71 bits per heavy atom. The summed E-state index contributed by atoms with van der Waals surface area (Å²) in [7, 11) is 1.95. The van der Waals surface area contributed by atoms with Crippen molar-refractivity contribution in [2.24, 2.45) is 0 Å². The van der Waals surface area contributed by atoms with Crippen molar-refractivity contribution < 1.29 is 9.13 Å². The molecule has 4 heteroatoms. The van der Waals surface area contributed by atoms with Gasteiger partial charge in [-0.1, -0.05) is 19.1 Å². The molecule has 0 aromatic heterocycles. The van der Waals surface area contributed by atoms with Crippen LogP contribution in [-0.4, -0.2) is 13.7 Å². The molecule has 0 atom stereocenters. The van der Waals surface area contributed by atoms with Gasteiger partial charge in [0.2, 0.25) is 0 Å². The maximum Gasteiger partial charge on any atom is 0.123 e. The van der Waals surface area contributed by atoms with E-state index in [1.54, 1.807) is 6.07 Å². The number of nitrogens with zero attached hydrogens (tertiary/aromatic N) is 1. The number of benzene rings is 2. The van der Waals surface area contributed by atoms with Crippen molar-refractivity contribution in [2.75, 3.05) is 24.3 Å². The molecule has 2 rings (SSSR count). The quantitative estimate of drug-likeness (QED) is 0.821. The van der Waals surface area contributed by atoms with Gasteiger partial charge in [0.05, 0.1) is 6.61 Å². The molecule has 0 bridgehead atoms. The van der Waals surface area contributed by atoms with Gasteiger partial charge < -0.3 is 15.4 Å². The van der Waals surface area contributed by atoms with Crippen molar-refractivity contribution in [3.63, 3.8) is 0 Å². The minimum absolute atomic E-state index is 0.222. The van der Waals surface area contributed by atoms with Crippen LogP contribution in [0.25, 0.3) is 0 Å². The molecule has 0 fully saturated rings. The lowest BCUT2D eigenvalue weighted by molar-refractivity contribution is 0.317. The molecule has 3 nitrogen and oxygen atoms in total. The van der Waals surface area contributed by atoms with E-state index in [9.17, 15) is 4.39 Å². The molecule has 0 aliphatic heterocycles. The maximum absolute atomic E-state index is 13.2. The van der Waals surface area contributed by atoms with Crippen LogP contribution < -0.4 is 15.4 Å². The molecule has 0 aliphatic rings. The minimum atomic E-state index is -0.222. The molecule has 0 amide bonds. The lowest BCUT2D eigenvalue weighted by Gasteiger charge is -2.21. The molecule has 0 radical (unpaired) electrons. The second kappa shape index (κ2) is 6.97. The molecule has 112 valence electrons. The highest BCUT2D eigenvalue weighted by atomic mass is 19.1. The third-order valence-electron chi connectivity index (χ3n) is 3.14. The number of nitrogen functional groups attached to an aromatic ring is 1. The Balaban J connectivity index is 2.14. The first kappa shape index (κ1) is 15.2. The van der Waals surface area contributed by atoms with Crippen molar-refractivity contribution >= 4 is 11.4 Å². The molecule has 0 saturated carbocycles. The van der Waals surface area contributed by atoms with Crippen LogP contribution >= 0.6 is 0 Å². The van der Waals surface area contributed by atoms with Crippen LogP contribution in [-0.2, 0) is 6.54 Å². The molecule has 0 unspecified atom stereocenters. The SMILES string of the molecule is CCCOc1cc(N)cc(N(C)Cc2cccc(F)c2)c1. The Labute approximate surface area is 125 Å². The van der Waals surface area contributed by atoms with Crippen molar-refractivity contribution in [3.05, 3.63) is 53.8 Å². The molecular weight excluding hydrogens is 267 g/mol. The predicted molar refractivity (Wildman–Crippen MR) is 85.1 cm³/mol. The van der Waals surface area contributed by atoms with Crippen LogP contribution in [0.4, 0.5) is 15.8 Å². The second-order valence-electron chi connectivity index (χ2n) is 5.09. The van der Waals surface area contributed by atoms with Crippen molar-refractivity contribution in [3.8, 4) is 5.75 Å². The highest BCUT2D eigenvalue weighted by Gasteiger charge is 2.06. The van der Waals surface area contributed by atoms with E-state index in [0.717, 1.165) is 23.4 Å². The van der Waals surface area contributed by atoms with E-state index in [4.69, 9.17) is 10.5 Å². The zero-order chi connectivity index (χ0) is 15.2. The molecule has 0 spiro atoms. The van der Waals surface area contributed by atoms with E-state index in [2.05, 4.69) is 6.92 Å². The summed E-state index contributed by atoms with van der Waals surface area (Å²) in [6.07, 6.45) is 0.948. The summed E-state index contributed by atoms with van der Waals surface area (Å²) < 4.78 is 18.9. The number of hydrogen-bond acceptors (Lipinski definition) is 3. The van der Waals surface area contributed by atoms with Crippen LogP contribution in [0.3, 0.4) is 0 Å². The molecule has 2 aromatic carbocycles. The normalized spacial score (nSPS) is 10.4. The summed E-state index contributed by atoms with van der Waals surface area (Å²) >= 11 is 0. The summed E-state index contributed by atoms with van der Waals surface area (Å²) in [4.78, 5) is 2.02. The predicted octanol–water partition coefficient (Wildman–Crippen LogP) is 3.83. The smallest absolute Gasteiger partial charge is 0.123 e. The van der Waals surface area contributed by atoms with Crippen LogP contribution in [0.5, 0.6) is 5.75 Å². The van der Waals surface area contributed by atoms with Gasteiger partial charge >= 0.3 is 0 Å². The summed E-state index contributed by atoms with van der Waals surface area (Å²) in [5, 5.41) is 0. The third-order valence-corrected chi connectivity index (χ3v) is 3.14. The van der Waals surface area contributed by atoms with E-state index < -0.39 is 0 Å². The average Bonchev–Trinajstić information content (AvgIpc) is 2.44. The van der Waals surface area contributed by atoms with Crippen LogP contribution in [0.1, 0.15) is 18.9 Å². The van der Waals surface area contributed by atoms with Gasteiger partial charge in [-0.3, -0.25) is 0 Å². The second-order valence-corrected chi connectivity index (χ2v) is 5.09. The van der Waals surface area contributed by atoms with E-state index in [1.807, 2.05) is 36.2 Å². The zero-order valence-electron chi connectivity index (χ0n) is 12.5. The first-order valence-corrected chi connectivity index (χ1v) is 7.07. The van der Waals surface area contributed by atoms with Crippen LogP contribution in [0.2, 0.25) is 0 Å². The van der Waals surface area contributed by atoms with Crippen molar-refractivity contribution in [2.45, 2.75) is 19.9 Å². The average molecular weight is 288 g/mol. The monoisotopic (exact) mass is 288 g/mol. The molecule has 0 heterocycles. The van der Waals surface area contributed by atoms with Crippen LogP contribution in [0, 0.1) is 5.82 Å². The number of hydrogen-bond donors (Lipinski definition) is 1. The number of nitrogens with two attached hydrogens (primary N) is 1. The molecular formula is C17H21FN2O. The van der Waals surface area contributed by atoms with Gasteiger partial charge in [-0.05, 0) is 30.2 Å². The fourth-order valence-electron chi connectivity index (χ4n) is 2.13. The standard InChI is InChI=1S/C17H21FN2O/c1-3-7-21-17-10-15(19)9-16(11-17)20(2)12-13-5-4-6-14(18)8-13/h4-6,8-11H,3,7,12,19H2,1-2H3. The number of anilines is 2. The summed E-state index contributed by atoms with van der Waals surface area (Å²) in [6.45, 7) is 3.33. The number of ether oxygens (including phenoxy) is 1. The summed E-state index contributed by atoms with van der Waals surface area (Å²) in [6, 6.07) is 12.3. The van der Waals surface area contributed by atoms with E-state index >= 15 is 0 Å². The number of rotatable bonds is 6.